The van der Waals surface area contributed by atoms with Crippen molar-refractivity contribution in [2.75, 3.05) is 10.6 Å². The molecule has 1 heterocycles. The number of aliphatic imine (C=N–C) groups is 1. The molecule has 1 amide bonds. The first kappa shape index (κ1) is 17.6. The van der Waals surface area contributed by atoms with Gasteiger partial charge in [0, 0.05) is 26.9 Å². The second-order valence-corrected chi connectivity index (χ2v) is 6.95. The predicted octanol–water partition coefficient (Wildman–Crippen LogP) is 5.22. The van der Waals surface area contributed by atoms with E-state index in [0.717, 1.165) is 11.1 Å². The highest BCUT2D eigenvalue weighted by Crippen LogP contribution is 2.28. The fourth-order valence-corrected chi connectivity index (χ4v) is 3.30. The number of rotatable bonds is 3. The Morgan fingerprint density at radius 1 is 0.889 bits per heavy atom. The molecule has 0 bridgehead atoms. The minimum atomic E-state index is -0.815. The maximum Gasteiger partial charge on any atom is 0.269 e. The van der Waals surface area contributed by atoms with Crippen LogP contribution in [0.4, 0.5) is 11.4 Å². The Bertz CT molecular complexity index is 1030. The van der Waals surface area contributed by atoms with E-state index in [2.05, 4.69) is 10.6 Å². The number of nitrogens with zero attached hydrogens (tertiary/aromatic N) is 1. The summed E-state index contributed by atoms with van der Waals surface area (Å²) in [5.74, 6) is -0.260. The predicted molar refractivity (Wildman–Crippen MR) is 111 cm³/mol. The lowest BCUT2D eigenvalue weighted by Gasteiger charge is -2.14. The topological polar surface area (TPSA) is 53.5 Å². The molecule has 4 nitrogen and oxygen atoms in total. The first-order valence-electron chi connectivity index (χ1n) is 8.36. The quantitative estimate of drug-likeness (QED) is 0.638. The van der Waals surface area contributed by atoms with Gasteiger partial charge in [0.25, 0.3) is 5.91 Å². The first-order valence-corrected chi connectivity index (χ1v) is 9.12. The van der Waals surface area contributed by atoms with Crippen LogP contribution in [0, 0.1) is 0 Å². The van der Waals surface area contributed by atoms with Crippen molar-refractivity contribution in [1.29, 1.82) is 0 Å². The summed E-state index contributed by atoms with van der Waals surface area (Å²) in [4.78, 5) is 17.5. The van der Waals surface area contributed by atoms with E-state index in [4.69, 9.17) is 28.2 Å². The fraction of sp³-hybridized carbons (Fsp3) is 0.0476. The number of carbonyl (C=O) groups is 1. The summed E-state index contributed by atoms with van der Waals surface area (Å²) in [6.07, 6.45) is -0.815. The molecule has 134 valence electrons. The zero-order valence-corrected chi connectivity index (χ0v) is 15.6. The van der Waals surface area contributed by atoms with E-state index in [9.17, 15) is 4.79 Å². The van der Waals surface area contributed by atoms with Crippen molar-refractivity contribution in [3.8, 4) is 0 Å². The van der Waals surface area contributed by atoms with Crippen molar-refractivity contribution < 1.29 is 4.79 Å². The zero-order chi connectivity index (χ0) is 18.8. The van der Waals surface area contributed by atoms with Gasteiger partial charge in [0.15, 0.2) is 6.17 Å². The van der Waals surface area contributed by atoms with E-state index in [-0.39, 0.29) is 5.91 Å². The van der Waals surface area contributed by atoms with Gasteiger partial charge in [-0.25, -0.2) is 4.99 Å². The molecule has 4 rings (SSSR count). The Hall–Kier alpha value is -2.82. The molecule has 0 fully saturated rings. The summed E-state index contributed by atoms with van der Waals surface area (Å²) in [6, 6.07) is 22.2. The SMILES string of the molecule is O=C1Nc2ccc(Cl)cc2C(c2ccccc2)=NC1Nc1cccc(Cl)c1. The molecule has 0 spiro atoms. The van der Waals surface area contributed by atoms with Gasteiger partial charge in [-0.2, -0.15) is 0 Å². The zero-order valence-electron chi connectivity index (χ0n) is 14.1. The number of amides is 1. The van der Waals surface area contributed by atoms with Crippen molar-refractivity contribution in [3.63, 3.8) is 0 Å². The number of anilines is 2. The lowest BCUT2D eigenvalue weighted by atomic mass is 10.0. The average molecular weight is 396 g/mol. The summed E-state index contributed by atoms with van der Waals surface area (Å²) >= 11 is 12.3. The second-order valence-electron chi connectivity index (χ2n) is 6.08. The van der Waals surface area contributed by atoms with Crippen LogP contribution in [-0.4, -0.2) is 17.8 Å². The molecular weight excluding hydrogens is 381 g/mol. The van der Waals surface area contributed by atoms with E-state index in [0.29, 0.717) is 27.1 Å². The van der Waals surface area contributed by atoms with Gasteiger partial charge in [0.1, 0.15) is 0 Å². The van der Waals surface area contributed by atoms with Crippen LogP contribution in [0.2, 0.25) is 10.0 Å². The van der Waals surface area contributed by atoms with Crippen molar-refractivity contribution >= 4 is 46.2 Å². The third-order valence-electron chi connectivity index (χ3n) is 4.18. The van der Waals surface area contributed by atoms with Crippen molar-refractivity contribution in [3.05, 3.63) is 94.0 Å². The van der Waals surface area contributed by atoms with Gasteiger partial charge in [-0.15, -0.1) is 0 Å². The van der Waals surface area contributed by atoms with Gasteiger partial charge in [-0.05, 0) is 36.4 Å². The largest absolute Gasteiger partial charge is 0.356 e. The molecule has 0 saturated heterocycles. The standard InChI is InChI=1S/C21H15Cl2N3O/c22-14-7-4-8-16(11-14)24-20-21(27)25-18-10-9-15(23)12-17(18)19(26-20)13-5-2-1-3-6-13/h1-12,20,24H,(H,25,27). The number of halogens is 2. The van der Waals surface area contributed by atoms with Gasteiger partial charge >= 0.3 is 0 Å². The van der Waals surface area contributed by atoms with Crippen LogP contribution in [0.1, 0.15) is 11.1 Å². The highest BCUT2D eigenvalue weighted by Gasteiger charge is 2.26. The molecule has 1 unspecified atom stereocenters. The van der Waals surface area contributed by atoms with Gasteiger partial charge < -0.3 is 10.6 Å². The molecule has 0 radical (unpaired) electrons. The molecule has 3 aromatic rings. The Labute approximate surface area is 166 Å². The van der Waals surface area contributed by atoms with E-state index >= 15 is 0 Å². The Balaban J connectivity index is 1.82. The van der Waals surface area contributed by atoms with Crippen LogP contribution in [0.25, 0.3) is 0 Å². The molecule has 1 aliphatic rings. The average Bonchev–Trinajstić information content (AvgIpc) is 2.79. The third-order valence-corrected chi connectivity index (χ3v) is 4.65. The van der Waals surface area contributed by atoms with Crippen molar-refractivity contribution in [1.82, 2.24) is 0 Å². The summed E-state index contributed by atoms with van der Waals surface area (Å²) in [6.45, 7) is 0. The molecular formula is C21H15Cl2N3O. The van der Waals surface area contributed by atoms with E-state index in [1.165, 1.54) is 0 Å². The molecule has 1 atom stereocenters. The van der Waals surface area contributed by atoms with Crippen LogP contribution in [0.5, 0.6) is 0 Å². The molecule has 2 N–H and O–H groups in total. The number of fused-ring (bicyclic) bond motifs is 1. The molecule has 0 aromatic heterocycles. The van der Waals surface area contributed by atoms with Gasteiger partial charge in [-0.3, -0.25) is 4.79 Å². The smallest absolute Gasteiger partial charge is 0.269 e. The minimum absolute atomic E-state index is 0.260. The maximum atomic E-state index is 12.8. The summed E-state index contributed by atoms with van der Waals surface area (Å²) in [5, 5.41) is 7.23. The van der Waals surface area contributed by atoms with Crippen LogP contribution in [0.3, 0.4) is 0 Å². The molecule has 0 aliphatic carbocycles. The van der Waals surface area contributed by atoms with Gasteiger partial charge in [-0.1, -0.05) is 59.6 Å². The number of nitrogens with one attached hydrogen (secondary N) is 2. The van der Waals surface area contributed by atoms with Crippen LogP contribution < -0.4 is 10.6 Å². The number of carbonyl (C=O) groups excluding carboxylic acids is 1. The lowest BCUT2D eigenvalue weighted by molar-refractivity contribution is -0.116. The minimum Gasteiger partial charge on any atom is -0.356 e. The molecule has 3 aromatic carbocycles. The number of benzodiazepines with no additional fused rings is 1. The summed E-state index contributed by atoms with van der Waals surface area (Å²) in [7, 11) is 0. The summed E-state index contributed by atoms with van der Waals surface area (Å²) in [5.41, 5.74) is 3.74. The van der Waals surface area contributed by atoms with Crippen LogP contribution >= 0.6 is 23.2 Å². The number of hydrogen-bond donors (Lipinski definition) is 2. The van der Waals surface area contributed by atoms with Gasteiger partial charge in [0.05, 0.1) is 11.4 Å². The van der Waals surface area contributed by atoms with Crippen molar-refractivity contribution in [2.45, 2.75) is 6.17 Å². The first-order chi connectivity index (χ1) is 13.1. The summed E-state index contributed by atoms with van der Waals surface area (Å²) < 4.78 is 0. The van der Waals surface area contributed by atoms with E-state index in [1.807, 2.05) is 48.5 Å². The second kappa shape index (κ2) is 7.43. The monoisotopic (exact) mass is 395 g/mol. The fourth-order valence-electron chi connectivity index (χ4n) is 2.94. The highest BCUT2D eigenvalue weighted by molar-refractivity contribution is 6.32. The Morgan fingerprint density at radius 2 is 1.67 bits per heavy atom. The third kappa shape index (κ3) is 3.82. The molecule has 1 aliphatic heterocycles. The van der Waals surface area contributed by atoms with Crippen LogP contribution in [-0.2, 0) is 4.79 Å². The Morgan fingerprint density at radius 3 is 2.44 bits per heavy atom. The number of benzene rings is 3. The van der Waals surface area contributed by atoms with Crippen molar-refractivity contribution in [2.24, 2.45) is 4.99 Å². The highest BCUT2D eigenvalue weighted by atomic mass is 35.5. The Kier molecular flexibility index (Phi) is 4.84. The normalized spacial score (nSPS) is 16.0. The van der Waals surface area contributed by atoms with Crippen LogP contribution in [0.15, 0.2) is 77.8 Å². The molecule has 27 heavy (non-hydrogen) atoms. The number of hydrogen-bond acceptors (Lipinski definition) is 3. The van der Waals surface area contributed by atoms with Gasteiger partial charge in [0.2, 0.25) is 0 Å². The molecule has 0 saturated carbocycles. The van der Waals surface area contributed by atoms with E-state index < -0.39 is 6.17 Å². The van der Waals surface area contributed by atoms with E-state index in [1.54, 1.807) is 24.3 Å². The maximum absolute atomic E-state index is 12.8. The lowest BCUT2D eigenvalue weighted by Crippen LogP contribution is -2.32. The molecule has 6 heteroatoms.